The van der Waals surface area contributed by atoms with Crippen molar-refractivity contribution in [3.8, 4) is 0 Å². The molecule has 0 aromatic carbocycles. The molecule has 2 N–H and O–H groups in total. The molecular formula is C12H20N2O2S2. The fourth-order valence-corrected chi connectivity index (χ4v) is 4.92. The summed E-state index contributed by atoms with van der Waals surface area (Å²) < 4.78 is 23.7. The van der Waals surface area contributed by atoms with Gasteiger partial charge in [-0.15, -0.1) is 0 Å². The van der Waals surface area contributed by atoms with Gasteiger partial charge in [-0.25, -0.2) is 8.42 Å². The monoisotopic (exact) mass is 288 g/mol. The highest BCUT2D eigenvalue weighted by molar-refractivity contribution is 7.95. The fourth-order valence-electron chi connectivity index (χ4n) is 2.68. The van der Waals surface area contributed by atoms with E-state index in [0.717, 1.165) is 12.8 Å². The van der Waals surface area contributed by atoms with Crippen LogP contribution in [0, 0.1) is 5.92 Å². The first-order valence-corrected chi connectivity index (χ1v) is 8.39. The Morgan fingerprint density at radius 3 is 2.78 bits per heavy atom. The van der Waals surface area contributed by atoms with Gasteiger partial charge in [0.1, 0.15) is 0 Å². The molecule has 1 saturated carbocycles. The Morgan fingerprint density at radius 2 is 2.11 bits per heavy atom. The van der Waals surface area contributed by atoms with Gasteiger partial charge < -0.3 is 10.6 Å². The number of hydrogen-bond acceptors (Lipinski definition) is 3. The summed E-state index contributed by atoms with van der Waals surface area (Å²) in [5.74, 6) is 0.208. The summed E-state index contributed by atoms with van der Waals surface area (Å²) >= 11 is 5.20. The highest BCUT2D eigenvalue weighted by Gasteiger charge is 2.40. The van der Waals surface area contributed by atoms with E-state index in [1.165, 1.54) is 5.41 Å². The molecule has 0 spiro atoms. The van der Waals surface area contributed by atoms with Gasteiger partial charge in [-0.2, -0.15) is 0 Å². The van der Waals surface area contributed by atoms with E-state index in [4.69, 9.17) is 12.2 Å². The Morgan fingerprint density at radius 1 is 1.39 bits per heavy atom. The second kappa shape index (κ2) is 5.17. The van der Waals surface area contributed by atoms with Crippen molar-refractivity contribution in [2.45, 2.75) is 50.4 Å². The maximum absolute atomic E-state index is 11.8. The SMILES string of the molecule is CC(C)NC(=S)NC1CCC2C=CS(=O)(=O)C2C1. The third-order valence-corrected chi connectivity index (χ3v) is 5.69. The van der Waals surface area contributed by atoms with Crippen LogP contribution in [0.4, 0.5) is 0 Å². The van der Waals surface area contributed by atoms with Gasteiger partial charge in [-0.1, -0.05) is 6.08 Å². The molecule has 6 heteroatoms. The van der Waals surface area contributed by atoms with Crippen molar-refractivity contribution in [3.05, 3.63) is 11.5 Å². The molecule has 2 rings (SSSR count). The van der Waals surface area contributed by atoms with E-state index >= 15 is 0 Å². The van der Waals surface area contributed by atoms with Gasteiger partial charge in [-0.3, -0.25) is 0 Å². The largest absolute Gasteiger partial charge is 0.361 e. The van der Waals surface area contributed by atoms with Crippen molar-refractivity contribution in [2.75, 3.05) is 0 Å². The van der Waals surface area contributed by atoms with Gasteiger partial charge in [-0.05, 0) is 51.2 Å². The summed E-state index contributed by atoms with van der Waals surface area (Å²) in [7, 11) is -3.02. The van der Waals surface area contributed by atoms with Crippen LogP contribution >= 0.6 is 12.2 Å². The van der Waals surface area contributed by atoms with Crippen LogP contribution in [0.5, 0.6) is 0 Å². The van der Waals surface area contributed by atoms with Crippen LogP contribution in [0.3, 0.4) is 0 Å². The summed E-state index contributed by atoms with van der Waals surface area (Å²) in [5, 5.41) is 8.12. The van der Waals surface area contributed by atoms with E-state index in [1.807, 2.05) is 19.9 Å². The Bertz CT molecular complexity index is 457. The highest BCUT2D eigenvalue weighted by atomic mass is 32.2. The average molecular weight is 288 g/mol. The smallest absolute Gasteiger partial charge is 0.174 e. The van der Waals surface area contributed by atoms with E-state index in [-0.39, 0.29) is 17.2 Å². The first kappa shape index (κ1) is 13.8. The second-order valence-electron chi connectivity index (χ2n) is 5.40. The lowest BCUT2D eigenvalue weighted by Crippen LogP contribution is -2.48. The third-order valence-electron chi connectivity index (χ3n) is 3.54. The predicted octanol–water partition coefficient (Wildman–Crippen LogP) is 1.34. The number of fused-ring (bicyclic) bond motifs is 1. The van der Waals surface area contributed by atoms with Crippen molar-refractivity contribution < 1.29 is 8.42 Å². The van der Waals surface area contributed by atoms with Gasteiger partial charge >= 0.3 is 0 Å². The third kappa shape index (κ3) is 3.03. The van der Waals surface area contributed by atoms with Crippen LogP contribution in [0.15, 0.2) is 11.5 Å². The molecule has 1 fully saturated rings. The second-order valence-corrected chi connectivity index (χ2v) is 7.87. The van der Waals surface area contributed by atoms with Crippen LogP contribution in [-0.4, -0.2) is 30.9 Å². The van der Waals surface area contributed by atoms with Crippen LogP contribution in [0.1, 0.15) is 33.1 Å². The zero-order chi connectivity index (χ0) is 13.3. The quantitative estimate of drug-likeness (QED) is 0.751. The maximum Gasteiger partial charge on any atom is 0.174 e. The van der Waals surface area contributed by atoms with Crippen LogP contribution in [-0.2, 0) is 9.84 Å². The molecule has 1 aliphatic carbocycles. The van der Waals surface area contributed by atoms with Crippen molar-refractivity contribution in [3.63, 3.8) is 0 Å². The molecule has 0 radical (unpaired) electrons. The van der Waals surface area contributed by atoms with Gasteiger partial charge in [0.2, 0.25) is 0 Å². The number of rotatable bonds is 2. The summed E-state index contributed by atoms with van der Waals surface area (Å²) in [4.78, 5) is 0. The molecule has 1 heterocycles. The number of allylic oxidation sites excluding steroid dienone is 1. The number of sulfone groups is 1. The molecule has 102 valence electrons. The van der Waals surface area contributed by atoms with Crippen molar-refractivity contribution in [2.24, 2.45) is 5.92 Å². The molecule has 3 unspecified atom stereocenters. The molecule has 0 bridgehead atoms. The minimum absolute atomic E-state index is 0.166. The van der Waals surface area contributed by atoms with Crippen LogP contribution in [0.25, 0.3) is 0 Å². The predicted molar refractivity (Wildman–Crippen MR) is 77.0 cm³/mol. The van der Waals surface area contributed by atoms with E-state index in [0.29, 0.717) is 17.6 Å². The summed E-state index contributed by atoms with van der Waals surface area (Å²) in [6.45, 7) is 4.05. The van der Waals surface area contributed by atoms with E-state index in [2.05, 4.69) is 10.6 Å². The normalized spacial score (nSPS) is 33.2. The maximum atomic E-state index is 11.8. The van der Waals surface area contributed by atoms with E-state index in [1.54, 1.807) is 0 Å². The number of hydrogen-bond donors (Lipinski definition) is 2. The molecule has 1 aliphatic heterocycles. The molecule has 0 amide bonds. The molecule has 3 atom stereocenters. The van der Waals surface area contributed by atoms with Gasteiger partial charge in [0.25, 0.3) is 0 Å². The molecule has 18 heavy (non-hydrogen) atoms. The Hall–Kier alpha value is -0.620. The minimum Gasteiger partial charge on any atom is -0.361 e. The Labute approximate surface area is 114 Å². The summed E-state index contributed by atoms with van der Waals surface area (Å²) in [5.41, 5.74) is 0. The summed E-state index contributed by atoms with van der Waals surface area (Å²) in [6.07, 6.45) is 4.39. The zero-order valence-electron chi connectivity index (χ0n) is 10.7. The van der Waals surface area contributed by atoms with Crippen LogP contribution < -0.4 is 10.6 Å². The molecule has 0 saturated heterocycles. The topological polar surface area (TPSA) is 58.2 Å². The van der Waals surface area contributed by atoms with E-state index in [9.17, 15) is 8.42 Å². The molecule has 0 aromatic heterocycles. The average Bonchev–Trinajstić information content (AvgIpc) is 2.54. The molecule has 2 aliphatic rings. The summed E-state index contributed by atoms with van der Waals surface area (Å²) in [6, 6.07) is 0.456. The Kier molecular flexibility index (Phi) is 3.96. The van der Waals surface area contributed by atoms with Crippen molar-refractivity contribution in [1.82, 2.24) is 10.6 Å². The highest BCUT2D eigenvalue weighted by Crippen LogP contribution is 2.36. The number of thiocarbonyl (C=S) groups is 1. The van der Waals surface area contributed by atoms with Crippen molar-refractivity contribution >= 4 is 27.2 Å². The molecule has 0 aromatic rings. The van der Waals surface area contributed by atoms with Crippen molar-refractivity contribution in [1.29, 1.82) is 0 Å². The minimum atomic E-state index is -3.02. The Balaban J connectivity index is 1.93. The zero-order valence-corrected chi connectivity index (χ0v) is 12.4. The van der Waals surface area contributed by atoms with Gasteiger partial charge in [0.05, 0.1) is 5.25 Å². The van der Waals surface area contributed by atoms with Crippen LogP contribution in [0.2, 0.25) is 0 Å². The van der Waals surface area contributed by atoms with Gasteiger partial charge in [0.15, 0.2) is 14.9 Å². The first-order chi connectivity index (χ1) is 8.38. The first-order valence-electron chi connectivity index (χ1n) is 6.37. The lowest BCUT2D eigenvalue weighted by atomic mass is 9.86. The lowest BCUT2D eigenvalue weighted by Gasteiger charge is -2.32. The van der Waals surface area contributed by atoms with E-state index < -0.39 is 9.84 Å². The number of nitrogens with one attached hydrogen (secondary N) is 2. The molecule has 4 nitrogen and oxygen atoms in total. The standard InChI is InChI=1S/C12H20N2O2S2/c1-8(2)13-12(17)14-10-4-3-9-5-6-18(15,16)11(9)7-10/h5-6,8-11H,3-4,7H2,1-2H3,(H2,13,14,17). The van der Waals surface area contributed by atoms with Gasteiger partial charge in [0, 0.05) is 17.5 Å². The lowest BCUT2D eigenvalue weighted by molar-refractivity contribution is 0.359. The molecular weight excluding hydrogens is 268 g/mol. The fraction of sp³-hybridized carbons (Fsp3) is 0.750.